The molecule has 1 aromatic carbocycles. The van der Waals surface area contributed by atoms with Crippen LogP contribution < -0.4 is 5.32 Å². The number of nitrogens with one attached hydrogen (secondary N) is 1. The van der Waals surface area contributed by atoms with Gasteiger partial charge in [-0.25, -0.2) is 0 Å². The minimum absolute atomic E-state index is 0.383. The zero-order valence-corrected chi connectivity index (χ0v) is 10.5. The molecule has 2 unspecified atom stereocenters. The first-order valence-corrected chi connectivity index (χ1v) is 6.97. The van der Waals surface area contributed by atoms with Gasteiger partial charge < -0.3 is 10.4 Å². The Labute approximate surface area is 101 Å². The molecule has 2 rings (SSSR count). The van der Waals surface area contributed by atoms with Crippen molar-refractivity contribution in [1.82, 2.24) is 5.32 Å². The van der Waals surface area contributed by atoms with E-state index < -0.39 is 0 Å². The monoisotopic (exact) mass is 237 g/mol. The summed E-state index contributed by atoms with van der Waals surface area (Å²) >= 11 is 1.99. The highest BCUT2D eigenvalue weighted by atomic mass is 32.2. The highest BCUT2D eigenvalue weighted by Gasteiger charge is 2.17. The summed E-state index contributed by atoms with van der Waals surface area (Å²) in [7, 11) is 0. The van der Waals surface area contributed by atoms with Crippen LogP contribution in [0.15, 0.2) is 24.3 Å². The highest BCUT2D eigenvalue weighted by molar-refractivity contribution is 7.99. The summed E-state index contributed by atoms with van der Waals surface area (Å²) in [6, 6.07) is 8.63. The van der Waals surface area contributed by atoms with Gasteiger partial charge in [0, 0.05) is 18.3 Å². The first-order chi connectivity index (χ1) is 7.77. The summed E-state index contributed by atoms with van der Waals surface area (Å²) in [6.45, 7) is 2.71. The molecule has 1 saturated heterocycles. The molecule has 0 aliphatic carbocycles. The van der Waals surface area contributed by atoms with Crippen molar-refractivity contribution in [2.45, 2.75) is 25.5 Å². The minimum atomic E-state index is -0.383. The molecule has 2 atom stereocenters. The van der Waals surface area contributed by atoms with Gasteiger partial charge in [-0.2, -0.15) is 11.8 Å². The Balaban J connectivity index is 1.87. The summed E-state index contributed by atoms with van der Waals surface area (Å²) in [4.78, 5) is 0. The Hall–Kier alpha value is -0.510. The predicted octanol–water partition coefficient (Wildman–Crippen LogP) is 2.12. The average molecular weight is 237 g/mol. The Morgan fingerprint density at radius 1 is 1.50 bits per heavy atom. The quantitative estimate of drug-likeness (QED) is 0.841. The molecule has 2 N–H and O–H groups in total. The van der Waals surface area contributed by atoms with E-state index in [0.717, 1.165) is 11.1 Å². The first kappa shape index (κ1) is 12.0. The van der Waals surface area contributed by atoms with Crippen molar-refractivity contribution in [1.29, 1.82) is 0 Å². The second-order valence-corrected chi connectivity index (χ2v) is 5.49. The van der Waals surface area contributed by atoms with E-state index in [4.69, 9.17) is 0 Å². The maximum absolute atomic E-state index is 10.1. The number of thioether (sulfide) groups is 1. The SMILES string of the molecule is Cc1ccccc1C(O)CNC1CCSC1. The fraction of sp³-hybridized carbons (Fsp3) is 0.538. The number of hydrogen-bond donors (Lipinski definition) is 2. The molecule has 1 fully saturated rings. The van der Waals surface area contributed by atoms with Crippen molar-refractivity contribution in [3.8, 4) is 0 Å². The average Bonchev–Trinajstić information content (AvgIpc) is 2.79. The third-order valence-electron chi connectivity index (χ3n) is 3.08. The van der Waals surface area contributed by atoms with Crippen molar-refractivity contribution < 1.29 is 5.11 Å². The smallest absolute Gasteiger partial charge is 0.0917 e. The molecule has 0 bridgehead atoms. The maximum atomic E-state index is 10.1. The molecule has 0 amide bonds. The van der Waals surface area contributed by atoms with E-state index in [-0.39, 0.29) is 6.10 Å². The van der Waals surface area contributed by atoms with E-state index >= 15 is 0 Å². The van der Waals surface area contributed by atoms with Gasteiger partial charge in [0.25, 0.3) is 0 Å². The number of rotatable bonds is 4. The molecule has 1 heterocycles. The fourth-order valence-electron chi connectivity index (χ4n) is 2.04. The second kappa shape index (κ2) is 5.71. The number of aryl methyl sites for hydroxylation is 1. The molecular formula is C13H19NOS. The van der Waals surface area contributed by atoms with Gasteiger partial charge in [0.15, 0.2) is 0 Å². The van der Waals surface area contributed by atoms with Crippen LogP contribution in [0, 0.1) is 6.92 Å². The third-order valence-corrected chi connectivity index (χ3v) is 4.24. The number of benzene rings is 1. The van der Waals surface area contributed by atoms with E-state index in [1.54, 1.807) is 0 Å². The highest BCUT2D eigenvalue weighted by Crippen LogP contribution is 2.19. The van der Waals surface area contributed by atoms with Crippen molar-refractivity contribution in [2.75, 3.05) is 18.1 Å². The summed E-state index contributed by atoms with van der Waals surface area (Å²) in [5, 5.41) is 13.5. The zero-order valence-electron chi connectivity index (χ0n) is 9.65. The Kier molecular flexibility index (Phi) is 4.27. The van der Waals surface area contributed by atoms with Crippen LogP contribution in [0.3, 0.4) is 0 Å². The van der Waals surface area contributed by atoms with E-state index in [1.165, 1.54) is 17.9 Å². The van der Waals surface area contributed by atoms with Crippen LogP contribution in [0.4, 0.5) is 0 Å². The van der Waals surface area contributed by atoms with Gasteiger partial charge in [-0.05, 0) is 30.2 Å². The van der Waals surface area contributed by atoms with Crippen LogP contribution in [-0.4, -0.2) is 29.2 Å². The van der Waals surface area contributed by atoms with Crippen LogP contribution in [0.1, 0.15) is 23.7 Å². The van der Waals surface area contributed by atoms with Gasteiger partial charge in [0.1, 0.15) is 0 Å². The molecule has 0 aromatic heterocycles. The van der Waals surface area contributed by atoms with Gasteiger partial charge in [-0.15, -0.1) is 0 Å². The lowest BCUT2D eigenvalue weighted by Crippen LogP contribution is -2.32. The summed E-state index contributed by atoms with van der Waals surface area (Å²) in [6.07, 6.45) is 0.845. The standard InChI is InChI=1S/C13H19NOS/c1-10-4-2-3-5-12(10)13(15)8-14-11-6-7-16-9-11/h2-5,11,13-15H,6-9H2,1H3. The number of hydrogen-bond acceptors (Lipinski definition) is 3. The normalized spacial score (nSPS) is 22.2. The molecule has 16 heavy (non-hydrogen) atoms. The van der Waals surface area contributed by atoms with Gasteiger partial charge in [-0.1, -0.05) is 24.3 Å². The maximum Gasteiger partial charge on any atom is 0.0917 e. The van der Waals surface area contributed by atoms with Crippen molar-refractivity contribution in [3.63, 3.8) is 0 Å². The predicted molar refractivity (Wildman–Crippen MR) is 69.9 cm³/mol. The lowest BCUT2D eigenvalue weighted by Gasteiger charge is -2.17. The van der Waals surface area contributed by atoms with Gasteiger partial charge in [0.05, 0.1) is 6.10 Å². The molecule has 88 valence electrons. The van der Waals surface area contributed by atoms with E-state index in [1.807, 2.05) is 43.0 Å². The fourth-order valence-corrected chi connectivity index (χ4v) is 3.23. The van der Waals surface area contributed by atoms with Gasteiger partial charge >= 0.3 is 0 Å². The molecule has 3 heteroatoms. The molecule has 1 aliphatic rings. The summed E-state index contributed by atoms with van der Waals surface area (Å²) in [5.74, 6) is 2.43. The molecule has 0 radical (unpaired) electrons. The molecular weight excluding hydrogens is 218 g/mol. The lowest BCUT2D eigenvalue weighted by molar-refractivity contribution is 0.170. The number of aliphatic hydroxyl groups excluding tert-OH is 1. The number of aliphatic hydroxyl groups is 1. The second-order valence-electron chi connectivity index (χ2n) is 4.34. The topological polar surface area (TPSA) is 32.3 Å². The molecule has 0 spiro atoms. The Bertz CT molecular complexity index is 336. The lowest BCUT2D eigenvalue weighted by atomic mass is 10.0. The molecule has 2 nitrogen and oxygen atoms in total. The zero-order chi connectivity index (χ0) is 11.4. The Morgan fingerprint density at radius 2 is 2.31 bits per heavy atom. The largest absolute Gasteiger partial charge is 0.387 e. The van der Waals surface area contributed by atoms with Crippen LogP contribution in [0.2, 0.25) is 0 Å². The summed E-state index contributed by atoms with van der Waals surface area (Å²) in [5.41, 5.74) is 2.21. The van der Waals surface area contributed by atoms with E-state index in [9.17, 15) is 5.11 Å². The van der Waals surface area contributed by atoms with Gasteiger partial charge in [0.2, 0.25) is 0 Å². The van der Waals surface area contributed by atoms with Crippen molar-refractivity contribution >= 4 is 11.8 Å². The minimum Gasteiger partial charge on any atom is -0.387 e. The first-order valence-electron chi connectivity index (χ1n) is 5.82. The van der Waals surface area contributed by atoms with Crippen LogP contribution >= 0.6 is 11.8 Å². The van der Waals surface area contributed by atoms with Gasteiger partial charge in [-0.3, -0.25) is 0 Å². The van der Waals surface area contributed by atoms with E-state index in [0.29, 0.717) is 12.6 Å². The van der Waals surface area contributed by atoms with Crippen LogP contribution in [0.5, 0.6) is 0 Å². The Morgan fingerprint density at radius 3 is 3.00 bits per heavy atom. The third kappa shape index (κ3) is 3.00. The molecule has 0 saturated carbocycles. The van der Waals surface area contributed by atoms with Crippen LogP contribution in [-0.2, 0) is 0 Å². The molecule has 1 aromatic rings. The molecule has 1 aliphatic heterocycles. The van der Waals surface area contributed by atoms with E-state index in [2.05, 4.69) is 5.32 Å². The van der Waals surface area contributed by atoms with Crippen LogP contribution in [0.25, 0.3) is 0 Å². The van der Waals surface area contributed by atoms with Crippen molar-refractivity contribution in [3.05, 3.63) is 35.4 Å². The van der Waals surface area contributed by atoms with Crippen molar-refractivity contribution in [2.24, 2.45) is 0 Å². The summed E-state index contributed by atoms with van der Waals surface area (Å²) < 4.78 is 0.